The molecule has 2 N–H and O–H groups in total. The maximum Gasteiger partial charge on any atom is 0.267 e. The van der Waals surface area contributed by atoms with Crippen LogP contribution in [0.5, 0.6) is 0 Å². The van der Waals surface area contributed by atoms with E-state index in [4.69, 9.17) is 4.74 Å². The van der Waals surface area contributed by atoms with Crippen molar-refractivity contribution in [3.63, 3.8) is 0 Å². The number of ether oxygens (including phenoxy) is 1. The van der Waals surface area contributed by atoms with Crippen molar-refractivity contribution in [2.75, 3.05) is 26.8 Å². The van der Waals surface area contributed by atoms with Crippen LogP contribution in [0.2, 0.25) is 0 Å². The van der Waals surface area contributed by atoms with Gasteiger partial charge in [-0.2, -0.15) is 0 Å². The molecule has 0 spiro atoms. The van der Waals surface area contributed by atoms with Crippen molar-refractivity contribution in [2.45, 2.75) is 25.3 Å². The number of hydrogen-bond acceptors (Lipinski definition) is 3. The highest BCUT2D eigenvalue weighted by Crippen LogP contribution is 2.19. The highest BCUT2D eigenvalue weighted by Gasteiger charge is 2.33. The fraction of sp³-hybridized carbons (Fsp3) is 0.643. The summed E-state index contributed by atoms with van der Waals surface area (Å²) in [7, 11) is 3.60. The van der Waals surface area contributed by atoms with E-state index >= 15 is 0 Å². The summed E-state index contributed by atoms with van der Waals surface area (Å²) in [4.78, 5) is 12.2. The van der Waals surface area contributed by atoms with Gasteiger partial charge in [0.25, 0.3) is 5.91 Å². The molecular formula is C14H23N3O2. The molecule has 2 rings (SSSR count). The highest BCUT2D eigenvalue weighted by atomic mass is 16.5. The first-order valence-corrected chi connectivity index (χ1v) is 6.72. The van der Waals surface area contributed by atoms with Gasteiger partial charge < -0.3 is 19.9 Å². The molecule has 5 nitrogen and oxygen atoms in total. The molecule has 19 heavy (non-hydrogen) atoms. The predicted molar refractivity (Wildman–Crippen MR) is 74.3 cm³/mol. The Morgan fingerprint density at radius 2 is 2.37 bits per heavy atom. The Labute approximate surface area is 114 Å². The quantitative estimate of drug-likeness (QED) is 0.829. The third-order valence-corrected chi connectivity index (χ3v) is 3.95. The summed E-state index contributed by atoms with van der Waals surface area (Å²) in [6.07, 6.45) is 2.16. The van der Waals surface area contributed by atoms with Gasteiger partial charge in [-0.25, -0.2) is 0 Å². The number of carbonyl (C=O) groups is 1. The number of hydrogen-bond donors (Lipinski definition) is 2. The van der Waals surface area contributed by atoms with Crippen molar-refractivity contribution in [1.82, 2.24) is 15.2 Å². The maximum absolute atomic E-state index is 12.2. The van der Waals surface area contributed by atoms with Crippen LogP contribution in [0.15, 0.2) is 12.1 Å². The lowest BCUT2D eigenvalue weighted by Gasteiger charge is -2.29. The number of nitrogens with one attached hydrogen (secondary N) is 2. The fourth-order valence-corrected chi connectivity index (χ4v) is 2.65. The Morgan fingerprint density at radius 3 is 2.89 bits per heavy atom. The second-order valence-electron chi connectivity index (χ2n) is 5.35. The molecule has 5 heteroatoms. The molecule has 0 aromatic carbocycles. The molecule has 1 saturated heterocycles. The van der Waals surface area contributed by atoms with Crippen LogP contribution in [0.25, 0.3) is 0 Å². The van der Waals surface area contributed by atoms with E-state index in [-0.39, 0.29) is 11.4 Å². The Hall–Kier alpha value is -1.33. The van der Waals surface area contributed by atoms with Crippen LogP contribution in [0.4, 0.5) is 0 Å². The van der Waals surface area contributed by atoms with Crippen LogP contribution in [0, 0.1) is 6.92 Å². The Kier molecular flexibility index (Phi) is 4.27. The number of aromatic nitrogens is 1. The molecule has 1 atom stereocenters. The first-order valence-electron chi connectivity index (χ1n) is 6.72. The van der Waals surface area contributed by atoms with E-state index < -0.39 is 0 Å². The second-order valence-corrected chi connectivity index (χ2v) is 5.35. The summed E-state index contributed by atoms with van der Waals surface area (Å²) in [5.74, 6) is -0.0280. The number of rotatable bonds is 5. The standard InChI is InChI=1S/C14H23N3O2/c1-11-5-6-12(17(11)2)13(18)15-9-14(10-19-3)7-4-8-16-14/h5-6,16H,4,7-10H2,1-3H3,(H,15,18). The number of amides is 1. The van der Waals surface area contributed by atoms with Crippen molar-refractivity contribution in [2.24, 2.45) is 7.05 Å². The zero-order valence-electron chi connectivity index (χ0n) is 12.0. The summed E-state index contributed by atoms with van der Waals surface area (Å²) in [6.45, 7) is 4.20. The van der Waals surface area contributed by atoms with Crippen LogP contribution in [-0.4, -0.2) is 42.8 Å². The van der Waals surface area contributed by atoms with Crippen molar-refractivity contribution in [1.29, 1.82) is 0 Å². The van der Waals surface area contributed by atoms with Gasteiger partial charge in [0, 0.05) is 26.4 Å². The molecule has 0 saturated carbocycles. The summed E-state index contributed by atoms with van der Waals surface area (Å²) in [6, 6.07) is 3.81. The van der Waals surface area contributed by atoms with Crippen molar-refractivity contribution < 1.29 is 9.53 Å². The lowest BCUT2D eigenvalue weighted by atomic mass is 9.98. The summed E-state index contributed by atoms with van der Waals surface area (Å²) in [5, 5.41) is 6.47. The number of carbonyl (C=O) groups excluding carboxylic acids is 1. The van der Waals surface area contributed by atoms with E-state index in [1.165, 1.54) is 0 Å². The van der Waals surface area contributed by atoms with Crippen LogP contribution in [-0.2, 0) is 11.8 Å². The molecule has 1 aromatic heterocycles. The van der Waals surface area contributed by atoms with Gasteiger partial charge in [0.2, 0.25) is 0 Å². The normalized spacial score (nSPS) is 22.7. The summed E-state index contributed by atoms with van der Waals surface area (Å²) < 4.78 is 7.18. The molecule has 1 aromatic rings. The van der Waals surface area contributed by atoms with Gasteiger partial charge in [0.05, 0.1) is 12.1 Å². The van der Waals surface area contributed by atoms with Crippen molar-refractivity contribution in [3.8, 4) is 0 Å². The Morgan fingerprint density at radius 1 is 1.58 bits per heavy atom. The van der Waals surface area contributed by atoms with E-state index in [0.29, 0.717) is 18.8 Å². The predicted octanol–water partition coefficient (Wildman–Crippen LogP) is 0.832. The molecule has 1 aliphatic rings. The van der Waals surface area contributed by atoms with Crippen molar-refractivity contribution >= 4 is 5.91 Å². The SMILES string of the molecule is COCC1(CNC(=O)c2ccc(C)n2C)CCCN1. The van der Waals surface area contributed by atoms with E-state index in [9.17, 15) is 4.79 Å². The summed E-state index contributed by atoms with van der Waals surface area (Å²) in [5.41, 5.74) is 1.67. The number of nitrogens with zero attached hydrogens (tertiary/aromatic N) is 1. The lowest BCUT2D eigenvalue weighted by molar-refractivity contribution is 0.0884. The monoisotopic (exact) mass is 265 g/mol. The first kappa shape index (κ1) is 14.1. The van der Waals surface area contributed by atoms with Crippen LogP contribution < -0.4 is 10.6 Å². The zero-order chi connectivity index (χ0) is 13.9. The molecule has 0 aliphatic carbocycles. The van der Waals surface area contributed by atoms with Gasteiger partial charge in [-0.05, 0) is 38.4 Å². The molecule has 1 amide bonds. The number of aryl methyl sites for hydroxylation is 1. The molecule has 1 aliphatic heterocycles. The topological polar surface area (TPSA) is 55.3 Å². The smallest absolute Gasteiger partial charge is 0.267 e. The van der Waals surface area contributed by atoms with Gasteiger partial charge in [-0.3, -0.25) is 4.79 Å². The van der Waals surface area contributed by atoms with Gasteiger partial charge in [0.1, 0.15) is 5.69 Å². The van der Waals surface area contributed by atoms with E-state index in [0.717, 1.165) is 25.1 Å². The molecule has 0 bridgehead atoms. The lowest BCUT2D eigenvalue weighted by Crippen LogP contribution is -2.53. The van der Waals surface area contributed by atoms with Gasteiger partial charge in [0.15, 0.2) is 0 Å². The van der Waals surface area contributed by atoms with E-state index in [2.05, 4.69) is 10.6 Å². The van der Waals surface area contributed by atoms with Crippen LogP contribution >= 0.6 is 0 Å². The summed E-state index contributed by atoms with van der Waals surface area (Å²) >= 11 is 0. The van der Waals surface area contributed by atoms with Gasteiger partial charge >= 0.3 is 0 Å². The maximum atomic E-state index is 12.2. The molecule has 106 valence electrons. The molecular weight excluding hydrogens is 242 g/mol. The Bertz CT molecular complexity index is 448. The first-order chi connectivity index (χ1) is 9.08. The van der Waals surface area contributed by atoms with E-state index in [1.54, 1.807) is 7.11 Å². The second kappa shape index (κ2) is 5.75. The minimum Gasteiger partial charge on any atom is -0.383 e. The average molecular weight is 265 g/mol. The third-order valence-electron chi connectivity index (χ3n) is 3.95. The molecule has 1 unspecified atom stereocenters. The zero-order valence-corrected chi connectivity index (χ0v) is 12.0. The van der Waals surface area contributed by atoms with Crippen LogP contribution in [0.1, 0.15) is 29.0 Å². The molecule has 0 radical (unpaired) electrons. The minimum absolute atomic E-state index is 0.0280. The fourth-order valence-electron chi connectivity index (χ4n) is 2.65. The largest absolute Gasteiger partial charge is 0.383 e. The van der Waals surface area contributed by atoms with Gasteiger partial charge in [-0.1, -0.05) is 0 Å². The highest BCUT2D eigenvalue weighted by molar-refractivity contribution is 5.92. The molecule has 1 fully saturated rings. The number of methoxy groups -OCH3 is 1. The van der Waals surface area contributed by atoms with Gasteiger partial charge in [-0.15, -0.1) is 0 Å². The van der Waals surface area contributed by atoms with E-state index in [1.807, 2.05) is 30.7 Å². The minimum atomic E-state index is -0.107. The average Bonchev–Trinajstić information content (AvgIpc) is 2.97. The van der Waals surface area contributed by atoms with Crippen LogP contribution in [0.3, 0.4) is 0 Å². The Balaban J connectivity index is 1.97. The molecule has 2 heterocycles. The van der Waals surface area contributed by atoms with Crippen molar-refractivity contribution in [3.05, 3.63) is 23.5 Å². The third kappa shape index (κ3) is 2.98.